The van der Waals surface area contributed by atoms with Crippen LogP contribution in [-0.2, 0) is 28.6 Å². The third-order valence-corrected chi connectivity index (χ3v) is 13.6. The molecule has 0 amide bonds. The Morgan fingerprint density at radius 2 is 0.494 bits per heavy atom. The molecule has 0 spiro atoms. The van der Waals surface area contributed by atoms with Crippen LogP contribution in [0.2, 0.25) is 0 Å². The summed E-state index contributed by atoms with van der Waals surface area (Å²) in [5.41, 5.74) is 0. The lowest BCUT2D eigenvalue weighted by atomic mass is 10.1. The third-order valence-electron chi connectivity index (χ3n) is 13.6. The molecule has 0 aliphatic rings. The van der Waals surface area contributed by atoms with Gasteiger partial charge in [-0.2, -0.15) is 0 Å². The maximum atomic E-state index is 12.9. The largest absolute Gasteiger partial charge is 0.462 e. The van der Waals surface area contributed by atoms with Crippen LogP contribution >= 0.6 is 0 Å². The highest BCUT2D eigenvalue weighted by molar-refractivity contribution is 5.71. The number of hydrogen-bond donors (Lipinski definition) is 0. The van der Waals surface area contributed by atoms with Gasteiger partial charge in [0.25, 0.3) is 0 Å². The molecule has 79 heavy (non-hydrogen) atoms. The summed E-state index contributed by atoms with van der Waals surface area (Å²) in [4.78, 5) is 38.2. The zero-order valence-corrected chi connectivity index (χ0v) is 51.3. The lowest BCUT2D eigenvalue weighted by Gasteiger charge is -2.18. The van der Waals surface area contributed by atoms with Crippen LogP contribution in [0.25, 0.3) is 0 Å². The molecule has 0 aromatic rings. The summed E-state index contributed by atoms with van der Waals surface area (Å²) in [5, 5.41) is 0. The van der Waals surface area contributed by atoms with Crippen LogP contribution in [0.5, 0.6) is 0 Å². The average Bonchev–Trinajstić information content (AvgIpc) is 3.45. The SMILES string of the molecule is CC/C=C\C/C=C\C/C=C\C/C=C\C/C=C\C/C=C\C/C=C\C/C=C\C/C=C\CCCCCCCC(=O)OCC(COC(=O)CCCCCCCCCCC)OC(=O)CCCCCCCCCCC/C=C\C/C=C\CCCCC. The molecule has 0 N–H and O–H groups in total. The summed E-state index contributed by atoms with van der Waals surface area (Å²) >= 11 is 0. The second kappa shape index (κ2) is 66.1. The molecular weight excluding hydrogens is 973 g/mol. The van der Waals surface area contributed by atoms with Crippen molar-refractivity contribution in [1.82, 2.24) is 0 Å². The molecule has 0 aromatic carbocycles. The molecule has 0 bridgehead atoms. The zero-order chi connectivity index (χ0) is 57.1. The molecule has 0 saturated heterocycles. The maximum absolute atomic E-state index is 12.9. The van der Waals surface area contributed by atoms with Crippen molar-refractivity contribution in [3.8, 4) is 0 Å². The first-order valence-electron chi connectivity index (χ1n) is 32.7. The van der Waals surface area contributed by atoms with Crippen molar-refractivity contribution >= 4 is 17.9 Å². The van der Waals surface area contributed by atoms with Gasteiger partial charge in [0.05, 0.1) is 0 Å². The second-order valence-electron chi connectivity index (χ2n) is 21.3. The van der Waals surface area contributed by atoms with Gasteiger partial charge >= 0.3 is 17.9 Å². The minimum atomic E-state index is -0.791. The van der Waals surface area contributed by atoms with Gasteiger partial charge < -0.3 is 14.2 Å². The van der Waals surface area contributed by atoms with Gasteiger partial charge in [-0.05, 0) is 122 Å². The first-order chi connectivity index (χ1) is 39.0. The standard InChI is InChI=1S/C73H120O6/c1-4-7-10-13-16-19-21-23-25-27-29-30-31-32-33-34-35-36-37-38-39-40-41-42-44-45-47-49-51-54-57-60-63-66-72(75)78-69-70(68-77-71(74)65-62-59-56-53-18-15-12-9-6-3)79-73(76)67-64-61-58-55-52-50-48-46-43-28-26-24-22-20-17-14-11-8-5-2/h7,10,16-17,19-20,23-26,29-30,32-33,35-36,38-39,41-42,45,47,70H,4-6,8-9,11-15,18,21-22,27-28,31,34,37,40,43-44,46,48-69H2,1-3H3/b10-7-,19-16-,20-17-,25-23-,26-24-,30-29-,33-32-,36-35-,39-38-,42-41-,47-45-. The van der Waals surface area contributed by atoms with Crippen LogP contribution in [0, 0.1) is 0 Å². The molecule has 0 radical (unpaired) electrons. The molecule has 6 heteroatoms. The van der Waals surface area contributed by atoms with E-state index < -0.39 is 6.10 Å². The minimum Gasteiger partial charge on any atom is -0.462 e. The van der Waals surface area contributed by atoms with Crippen LogP contribution in [-0.4, -0.2) is 37.2 Å². The van der Waals surface area contributed by atoms with Gasteiger partial charge in [0.1, 0.15) is 13.2 Å². The van der Waals surface area contributed by atoms with E-state index in [1.807, 2.05) is 0 Å². The average molecular weight is 1090 g/mol. The summed E-state index contributed by atoms with van der Waals surface area (Å²) < 4.78 is 16.9. The molecule has 0 aromatic heterocycles. The van der Waals surface area contributed by atoms with E-state index in [1.165, 1.54) is 109 Å². The predicted molar refractivity (Wildman–Crippen MR) is 343 cm³/mol. The highest BCUT2D eigenvalue weighted by atomic mass is 16.6. The Morgan fingerprint density at radius 1 is 0.266 bits per heavy atom. The van der Waals surface area contributed by atoms with Crippen LogP contribution in [0.4, 0.5) is 0 Å². The van der Waals surface area contributed by atoms with E-state index in [2.05, 4.69) is 154 Å². The first-order valence-corrected chi connectivity index (χ1v) is 32.7. The molecule has 0 saturated carbocycles. The van der Waals surface area contributed by atoms with E-state index in [-0.39, 0.29) is 31.1 Å². The van der Waals surface area contributed by atoms with Gasteiger partial charge in [0, 0.05) is 19.3 Å². The maximum Gasteiger partial charge on any atom is 0.306 e. The van der Waals surface area contributed by atoms with Crippen molar-refractivity contribution in [1.29, 1.82) is 0 Å². The van der Waals surface area contributed by atoms with Crippen LogP contribution in [0.1, 0.15) is 290 Å². The number of ether oxygens (including phenoxy) is 3. The van der Waals surface area contributed by atoms with E-state index in [0.29, 0.717) is 19.3 Å². The van der Waals surface area contributed by atoms with E-state index in [4.69, 9.17) is 14.2 Å². The van der Waals surface area contributed by atoms with Gasteiger partial charge in [-0.15, -0.1) is 0 Å². The number of unbranched alkanes of at least 4 members (excludes halogenated alkanes) is 25. The molecular formula is C73H120O6. The third kappa shape index (κ3) is 64.3. The van der Waals surface area contributed by atoms with Gasteiger partial charge in [0.2, 0.25) is 0 Å². The smallest absolute Gasteiger partial charge is 0.306 e. The van der Waals surface area contributed by atoms with Crippen molar-refractivity contribution in [3.05, 3.63) is 134 Å². The van der Waals surface area contributed by atoms with Crippen molar-refractivity contribution in [3.63, 3.8) is 0 Å². The molecule has 448 valence electrons. The normalized spacial score (nSPS) is 13.0. The Bertz CT molecular complexity index is 1680. The Kier molecular flexibility index (Phi) is 62.3. The van der Waals surface area contributed by atoms with Crippen molar-refractivity contribution in [2.45, 2.75) is 297 Å². The highest BCUT2D eigenvalue weighted by Crippen LogP contribution is 2.15. The molecule has 6 nitrogen and oxygen atoms in total. The minimum absolute atomic E-state index is 0.0868. The Morgan fingerprint density at radius 3 is 0.797 bits per heavy atom. The topological polar surface area (TPSA) is 78.9 Å². The van der Waals surface area contributed by atoms with Crippen molar-refractivity contribution < 1.29 is 28.6 Å². The summed E-state index contributed by atoms with van der Waals surface area (Å²) in [7, 11) is 0. The monoisotopic (exact) mass is 1090 g/mol. The molecule has 0 aliphatic carbocycles. The second-order valence-corrected chi connectivity index (χ2v) is 21.3. The van der Waals surface area contributed by atoms with Gasteiger partial charge in [-0.25, -0.2) is 0 Å². The first kappa shape index (κ1) is 74.5. The fourth-order valence-electron chi connectivity index (χ4n) is 8.76. The lowest BCUT2D eigenvalue weighted by Crippen LogP contribution is -2.30. The van der Waals surface area contributed by atoms with E-state index in [0.717, 1.165) is 141 Å². The van der Waals surface area contributed by atoms with E-state index in [1.54, 1.807) is 0 Å². The quantitative estimate of drug-likeness (QED) is 0.0261. The van der Waals surface area contributed by atoms with Crippen LogP contribution in [0.3, 0.4) is 0 Å². The molecule has 0 heterocycles. The van der Waals surface area contributed by atoms with E-state index in [9.17, 15) is 14.4 Å². The Balaban J connectivity index is 4.26. The fourth-order valence-corrected chi connectivity index (χ4v) is 8.76. The number of carbonyl (C=O) groups is 3. The van der Waals surface area contributed by atoms with Crippen LogP contribution < -0.4 is 0 Å². The predicted octanol–water partition coefficient (Wildman–Crippen LogP) is 22.5. The number of esters is 3. The molecule has 0 rings (SSSR count). The Hall–Kier alpha value is -4.45. The van der Waals surface area contributed by atoms with Gasteiger partial charge in [0.15, 0.2) is 6.10 Å². The number of allylic oxidation sites excluding steroid dienone is 22. The zero-order valence-electron chi connectivity index (χ0n) is 51.3. The number of carbonyl (C=O) groups excluding carboxylic acids is 3. The van der Waals surface area contributed by atoms with Crippen molar-refractivity contribution in [2.75, 3.05) is 13.2 Å². The molecule has 1 unspecified atom stereocenters. The van der Waals surface area contributed by atoms with Crippen molar-refractivity contribution in [2.24, 2.45) is 0 Å². The highest BCUT2D eigenvalue weighted by Gasteiger charge is 2.19. The molecule has 0 fully saturated rings. The Labute approximate surface area is 487 Å². The van der Waals surface area contributed by atoms with E-state index >= 15 is 0 Å². The molecule has 1 atom stereocenters. The fraction of sp³-hybridized carbons (Fsp3) is 0.658. The summed E-state index contributed by atoms with van der Waals surface area (Å²) in [6, 6.07) is 0. The van der Waals surface area contributed by atoms with Crippen LogP contribution in [0.15, 0.2) is 134 Å². The summed E-state index contributed by atoms with van der Waals surface area (Å²) in [5.74, 6) is -0.911. The summed E-state index contributed by atoms with van der Waals surface area (Å²) in [6.07, 6.45) is 93.2. The van der Waals surface area contributed by atoms with Gasteiger partial charge in [-0.1, -0.05) is 283 Å². The number of hydrogen-bond acceptors (Lipinski definition) is 6. The van der Waals surface area contributed by atoms with Gasteiger partial charge in [-0.3, -0.25) is 14.4 Å². The lowest BCUT2D eigenvalue weighted by molar-refractivity contribution is -0.167. The number of rotatable bonds is 58. The summed E-state index contributed by atoms with van der Waals surface area (Å²) in [6.45, 7) is 6.47. The molecule has 0 aliphatic heterocycles.